The van der Waals surface area contributed by atoms with Gasteiger partial charge in [0.1, 0.15) is 6.10 Å². The predicted octanol–water partition coefficient (Wildman–Crippen LogP) is 3.81. The fraction of sp³-hybridized carbons (Fsp3) is 0.273. The van der Waals surface area contributed by atoms with Crippen LogP contribution in [-0.2, 0) is 9.47 Å². The average molecular weight is 368 g/mol. The molecule has 4 atom stereocenters. The quantitative estimate of drug-likeness (QED) is 0.866. The molecule has 3 heterocycles. The molecule has 3 fully saturated rings. The zero-order valence-corrected chi connectivity index (χ0v) is 15.1. The van der Waals surface area contributed by atoms with Crippen molar-refractivity contribution in [3.05, 3.63) is 71.8 Å². The van der Waals surface area contributed by atoms with Crippen LogP contribution in [-0.4, -0.2) is 11.7 Å². The third-order valence-electron chi connectivity index (χ3n) is 5.75. The Morgan fingerprint density at radius 2 is 1.39 bits per heavy atom. The first-order valence-corrected chi connectivity index (χ1v) is 8.78. The fourth-order valence-electron chi connectivity index (χ4n) is 4.55. The smallest absolute Gasteiger partial charge is 0.219 e. The van der Waals surface area contributed by atoms with Crippen LogP contribution in [0.25, 0.3) is 0 Å². The van der Waals surface area contributed by atoms with Crippen molar-refractivity contribution < 1.29 is 9.47 Å². The van der Waals surface area contributed by atoms with E-state index in [2.05, 4.69) is 18.2 Å². The molecule has 0 radical (unpaired) electrons. The number of nitrogens with one attached hydrogen (secondary N) is 1. The van der Waals surface area contributed by atoms with Crippen LogP contribution < -0.4 is 0 Å². The largest absolute Gasteiger partial charge is 0.447 e. The second-order valence-corrected chi connectivity index (χ2v) is 7.15. The summed E-state index contributed by atoms with van der Waals surface area (Å²) < 4.78 is 12.0. The number of hydrogen-bond donors (Lipinski definition) is 1. The Labute approximate surface area is 162 Å². The van der Waals surface area contributed by atoms with E-state index < -0.39 is 34.5 Å². The molecule has 136 valence electrons. The highest BCUT2D eigenvalue weighted by Gasteiger charge is 2.79. The van der Waals surface area contributed by atoms with E-state index >= 15 is 0 Å². The Morgan fingerprint density at radius 1 is 0.857 bits per heavy atom. The van der Waals surface area contributed by atoms with Gasteiger partial charge in [-0.1, -0.05) is 60.7 Å². The highest BCUT2D eigenvalue weighted by atomic mass is 16.7. The lowest BCUT2D eigenvalue weighted by atomic mass is 9.49. The lowest BCUT2D eigenvalue weighted by Gasteiger charge is -2.61. The van der Waals surface area contributed by atoms with E-state index in [1.165, 1.54) is 0 Å². The maximum atomic E-state index is 10.3. The summed E-state index contributed by atoms with van der Waals surface area (Å²) in [5.41, 5.74) is -2.52. The summed E-state index contributed by atoms with van der Waals surface area (Å²) in [5.74, 6) is -2.74. The standard InChI is InChI=1S/C22H16N4O2/c1-20-17(15-8-4-2-5-9-15)21(12-23,13-24)22(14-25,19(26)28-20)18(27-20)16-10-6-3-7-11-16/h2-11,17-18,26H,1H3/t17-,18+,20+,22-/m1/s1. The van der Waals surface area contributed by atoms with E-state index in [9.17, 15) is 15.8 Å². The van der Waals surface area contributed by atoms with Crippen molar-refractivity contribution in [3.63, 3.8) is 0 Å². The van der Waals surface area contributed by atoms with E-state index in [-0.39, 0.29) is 0 Å². The molecule has 0 unspecified atom stereocenters. The van der Waals surface area contributed by atoms with Crippen LogP contribution in [0.2, 0.25) is 0 Å². The Hall–Kier alpha value is -3.66. The third-order valence-corrected chi connectivity index (χ3v) is 5.75. The van der Waals surface area contributed by atoms with Crippen LogP contribution in [0.4, 0.5) is 0 Å². The molecule has 5 rings (SSSR count). The Morgan fingerprint density at radius 3 is 1.89 bits per heavy atom. The van der Waals surface area contributed by atoms with Crippen molar-refractivity contribution >= 4 is 5.90 Å². The first kappa shape index (κ1) is 17.7. The van der Waals surface area contributed by atoms with Crippen LogP contribution in [0.15, 0.2) is 60.7 Å². The third kappa shape index (κ3) is 1.94. The molecule has 0 amide bonds. The monoisotopic (exact) mass is 368 g/mol. The van der Waals surface area contributed by atoms with E-state index in [1.54, 1.807) is 55.5 Å². The predicted molar refractivity (Wildman–Crippen MR) is 98.4 cm³/mol. The molecule has 0 aliphatic carbocycles. The number of benzene rings is 2. The molecule has 3 aliphatic rings. The maximum Gasteiger partial charge on any atom is 0.219 e. The summed E-state index contributed by atoms with van der Waals surface area (Å²) in [6.45, 7) is 1.62. The number of hydrogen-bond acceptors (Lipinski definition) is 6. The van der Waals surface area contributed by atoms with E-state index in [1.807, 2.05) is 12.1 Å². The van der Waals surface area contributed by atoms with Gasteiger partial charge in [-0.05, 0) is 11.1 Å². The summed E-state index contributed by atoms with van der Waals surface area (Å²) in [7, 11) is 0. The van der Waals surface area contributed by atoms with Gasteiger partial charge in [-0.3, -0.25) is 5.41 Å². The molecule has 0 aromatic heterocycles. The van der Waals surface area contributed by atoms with E-state index in [4.69, 9.17) is 14.9 Å². The van der Waals surface area contributed by atoms with Gasteiger partial charge < -0.3 is 9.47 Å². The van der Waals surface area contributed by atoms with Crippen LogP contribution in [0.1, 0.15) is 30.1 Å². The molecule has 1 N–H and O–H groups in total. The summed E-state index contributed by atoms with van der Waals surface area (Å²) >= 11 is 0. The lowest BCUT2D eigenvalue weighted by Crippen LogP contribution is -2.70. The van der Waals surface area contributed by atoms with Crippen molar-refractivity contribution in [2.24, 2.45) is 10.8 Å². The number of rotatable bonds is 2. The minimum atomic E-state index is -1.91. The molecular weight excluding hydrogens is 352 g/mol. The van der Waals surface area contributed by atoms with Gasteiger partial charge in [0.05, 0.1) is 24.1 Å². The van der Waals surface area contributed by atoms with Crippen molar-refractivity contribution in [1.82, 2.24) is 0 Å². The molecule has 3 aliphatic heterocycles. The molecular formula is C22H16N4O2. The van der Waals surface area contributed by atoms with Crippen LogP contribution in [0.5, 0.6) is 0 Å². The number of ether oxygens (including phenoxy) is 2. The molecule has 6 heteroatoms. The molecule has 2 aromatic rings. The van der Waals surface area contributed by atoms with Crippen LogP contribution in [0, 0.1) is 50.2 Å². The van der Waals surface area contributed by atoms with E-state index in [0.717, 1.165) is 0 Å². The fourth-order valence-corrected chi connectivity index (χ4v) is 4.55. The Kier molecular flexibility index (Phi) is 3.75. The van der Waals surface area contributed by atoms with Gasteiger partial charge in [0.15, 0.2) is 10.8 Å². The van der Waals surface area contributed by atoms with Crippen LogP contribution in [0.3, 0.4) is 0 Å². The van der Waals surface area contributed by atoms with Gasteiger partial charge in [-0.2, -0.15) is 15.8 Å². The highest BCUT2D eigenvalue weighted by molar-refractivity contribution is 5.89. The van der Waals surface area contributed by atoms with Gasteiger partial charge in [-0.15, -0.1) is 0 Å². The second-order valence-electron chi connectivity index (χ2n) is 7.15. The topological polar surface area (TPSA) is 114 Å². The number of fused-ring (bicyclic) bond motifs is 3. The first-order valence-electron chi connectivity index (χ1n) is 8.78. The zero-order chi connectivity index (χ0) is 20.0. The van der Waals surface area contributed by atoms with Gasteiger partial charge in [0.2, 0.25) is 11.7 Å². The summed E-state index contributed by atoms with van der Waals surface area (Å²) in [5, 5.41) is 39.3. The van der Waals surface area contributed by atoms with Crippen molar-refractivity contribution in [3.8, 4) is 18.2 Å². The molecule has 2 bridgehead atoms. The van der Waals surface area contributed by atoms with Gasteiger partial charge in [0, 0.05) is 6.92 Å². The van der Waals surface area contributed by atoms with Crippen molar-refractivity contribution in [2.45, 2.75) is 24.7 Å². The minimum Gasteiger partial charge on any atom is -0.447 e. The highest BCUT2D eigenvalue weighted by Crippen LogP contribution is 2.69. The molecule has 3 saturated heterocycles. The van der Waals surface area contributed by atoms with Crippen LogP contribution >= 0.6 is 0 Å². The normalized spacial score (nSPS) is 32.4. The number of nitrogens with zero attached hydrogens (tertiary/aromatic N) is 3. The van der Waals surface area contributed by atoms with Gasteiger partial charge >= 0.3 is 0 Å². The maximum absolute atomic E-state index is 10.3. The molecule has 6 nitrogen and oxygen atoms in total. The summed E-state index contributed by atoms with van der Waals surface area (Å²) in [6, 6.07) is 24.2. The molecule has 0 saturated carbocycles. The summed E-state index contributed by atoms with van der Waals surface area (Å²) in [6.07, 6.45) is -0.982. The van der Waals surface area contributed by atoms with Crippen molar-refractivity contribution in [1.29, 1.82) is 21.2 Å². The van der Waals surface area contributed by atoms with Crippen molar-refractivity contribution in [2.75, 3.05) is 0 Å². The molecule has 28 heavy (non-hydrogen) atoms. The Balaban J connectivity index is 2.05. The average Bonchev–Trinajstić information content (AvgIpc) is 2.73. The molecule has 0 spiro atoms. The first-order chi connectivity index (χ1) is 13.5. The second kappa shape index (κ2) is 5.92. The zero-order valence-electron chi connectivity index (χ0n) is 15.1. The summed E-state index contributed by atoms with van der Waals surface area (Å²) in [4.78, 5) is 0. The number of nitriles is 3. The van der Waals surface area contributed by atoms with Gasteiger partial charge in [0.25, 0.3) is 0 Å². The lowest BCUT2D eigenvalue weighted by molar-refractivity contribution is -0.323. The minimum absolute atomic E-state index is 0.409. The SMILES string of the molecule is C[C@@]12OC(=N)[C@@](C#N)([C@H](c3ccccc3)O1)C(C#N)(C#N)[C@@H]2c1ccccc1. The van der Waals surface area contributed by atoms with Gasteiger partial charge in [-0.25, -0.2) is 0 Å². The molecule has 2 aromatic carbocycles. The Bertz CT molecular complexity index is 1050. The van der Waals surface area contributed by atoms with E-state index in [0.29, 0.717) is 11.1 Å².